The van der Waals surface area contributed by atoms with Gasteiger partial charge in [-0.3, -0.25) is 4.90 Å². The van der Waals surface area contributed by atoms with Gasteiger partial charge < -0.3 is 9.80 Å². The Morgan fingerprint density at radius 3 is 2.10 bits per heavy atom. The minimum absolute atomic E-state index is 0.824. The van der Waals surface area contributed by atoms with Crippen LogP contribution in [-0.4, -0.2) is 62.2 Å². The molecule has 2 heterocycles. The molecule has 0 bridgehead atoms. The van der Waals surface area contributed by atoms with E-state index in [0.29, 0.717) is 0 Å². The Kier molecular flexibility index (Phi) is 4.83. The van der Waals surface area contributed by atoms with Gasteiger partial charge in [-0.05, 0) is 79.8 Å². The molecular formula is C16H24IN3. The summed E-state index contributed by atoms with van der Waals surface area (Å²) >= 11 is 2.37. The molecule has 20 heavy (non-hydrogen) atoms. The number of rotatable bonds is 2. The molecule has 4 heteroatoms. The van der Waals surface area contributed by atoms with Gasteiger partial charge in [-0.15, -0.1) is 0 Å². The van der Waals surface area contributed by atoms with Crippen LogP contribution in [0.15, 0.2) is 24.3 Å². The van der Waals surface area contributed by atoms with Crippen LogP contribution in [0.4, 0.5) is 5.69 Å². The van der Waals surface area contributed by atoms with Crippen LogP contribution in [0.3, 0.4) is 0 Å². The molecular weight excluding hydrogens is 361 g/mol. The standard InChI is InChI=1S/C16H24IN3/c1-18-8-6-16(7-9-18)20-12-10-19(11-13-20)15-4-2-14(17)3-5-15/h2-5,16H,6-13H2,1H3. The molecule has 0 amide bonds. The zero-order valence-electron chi connectivity index (χ0n) is 12.3. The number of hydrogen-bond donors (Lipinski definition) is 0. The van der Waals surface area contributed by atoms with E-state index < -0.39 is 0 Å². The molecule has 0 aliphatic carbocycles. The highest BCUT2D eigenvalue weighted by molar-refractivity contribution is 14.1. The van der Waals surface area contributed by atoms with Gasteiger partial charge in [-0.2, -0.15) is 0 Å². The predicted octanol–water partition coefficient (Wildman–Crippen LogP) is 2.51. The van der Waals surface area contributed by atoms with Crippen molar-refractivity contribution in [2.75, 3.05) is 51.2 Å². The molecule has 0 radical (unpaired) electrons. The molecule has 3 rings (SSSR count). The number of piperidine rings is 1. The van der Waals surface area contributed by atoms with Crippen LogP contribution in [0.5, 0.6) is 0 Å². The monoisotopic (exact) mass is 385 g/mol. The lowest BCUT2D eigenvalue weighted by atomic mass is 10.0. The van der Waals surface area contributed by atoms with E-state index in [0.717, 1.165) is 6.04 Å². The normalized spacial score (nSPS) is 23.2. The van der Waals surface area contributed by atoms with Crippen LogP contribution >= 0.6 is 22.6 Å². The van der Waals surface area contributed by atoms with Crippen LogP contribution in [0.2, 0.25) is 0 Å². The highest BCUT2D eigenvalue weighted by atomic mass is 127. The summed E-state index contributed by atoms with van der Waals surface area (Å²) in [6, 6.07) is 9.75. The first-order chi connectivity index (χ1) is 9.72. The number of benzene rings is 1. The van der Waals surface area contributed by atoms with Crippen molar-refractivity contribution in [3.05, 3.63) is 27.8 Å². The van der Waals surface area contributed by atoms with Gasteiger partial charge in [0, 0.05) is 41.5 Å². The molecule has 2 aliphatic rings. The maximum atomic E-state index is 2.72. The Bertz CT molecular complexity index is 418. The third-order valence-electron chi connectivity index (χ3n) is 4.71. The van der Waals surface area contributed by atoms with E-state index in [1.165, 1.54) is 61.4 Å². The molecule has 0 atom stereocenters. The number of nitrogens with zero attached hydrogens (tertiary/aromatic N) is 3. The molecule has 3 nitrogen and oxygen atoms in total. The Balaban J connectivity index is 1.53. The summed E-state index contributed by atoms with van der Waals surface area (Å²) in [6.07, 6.45) is 2.69. The number of likely N-dealkylation sites (tertiary alicyclic amines) is 1. The van der Waals surface area contributed by atoms with E-state index in [-0.39, 0.29) is 0 Å². The highest BCUT2D eigenvalue weighted by Gasteiger charge is 2.26. The summed E-state index contributed by atoms with van der Waals surface area (Å²) in [7, 11) is 2.24. The van der Waals surface area contributed by atoms with E-state index in [1.807, 2.05) is 0 Å². The van der Waals surface area contributed by atoms with Crippen molar-refractivity contribution in [3.63, 3.8) is 0 Å². The van der Waals surface area contributed by atoms with Crippen molar-refractivity contribution in [2.45, 2.75) is 18.9 Å². The Hall–Kier alpha value is -0.330. The summed E-state index contributed by atoms with van der Waals surface area (Å²) in [5.41, 5.74) is 1.38. The summed E-state index contributed by atoms with van der Waals surface area (Å²) in [6.45, 7) is 7.32. The van der Waals surface area contributed by atoms with Crippen LogP contribution in [-0.2, 0) is 0 Å². The molecule has 2 fully saturated rings. The Morgan fingerprint density at radius 1 is 0.900 bits per heavy atom. The summed E-state index contributed by atoms with van der Waals surface area (Å²) < 4.78 is 1.32. The van der Waals surface area contributed by atoms with Crippen LogP contribution in [0.25, 0.3) is 0 Å². The topological polar surface area (TPSA) is 9.72 Å². The third kappa shape index (κ3) is 3.46. The maximum Gasteiger partial charge on any atom is 0.0367 e. The van der Waals surface area contributed by atoms with E-state index in [9.17, 15) is 0 Å². The second-order valence-electron chi connectivity index (χ2n) is 6.03. The van der Waals surface area contributed by atoms with Gasteiger partial charge in [0.2, 0.25) is 0 Å². The van der Waals surface area contributed by atoms with Gasteiger partial charge in [-0.25, -0.2) is 0 Å². The highest BCUT2D eigenvalue weighted by Crippen LogP contribution is 2.21. The lowest BCUT2D eigenvalue weighted by Crippen LogP contribution is -2.53. The van der Waals surface area contributed by atoms with Gasteiger partial charge in [0.1, 0.15) is 0 Å². The van der Waals surface area contributed by atoms with Gasteiger partial charge in [-0.1, -0.05) is 0 Å². The molecule has 0 unspecified atom stereocenters. The van der Waals surface area contributed by atoms with Crippen molar-refractivity contribution >= 4 is 28.3 Å². The fraction of sp³-hybridized carbons (Fsp3) is 0.625. The molecule has 0 aromatic heterocycles. The predicted molar refractivity (Wildman–Crippen MR) is 93.5 cm³/mol. The number of piperazine rings is 1. The SMILES string of the molecule is CN1CCC(N2CCN(c3ccc(I)cc3)CC2)CC1. The molecule has 0 spiro atoms. The molecule has 1 aromatic rings. The lowest BCUT2D eigenvalue weighted by Gasteiger charge is -2.42. The third-order valence-corrected chi connectivity index (χ3v) is 5.43. The maximum absolute atomic E-state index is 2.72. The fourth-order valence-electron chi connectivity index (χ4n) is 3.36. The average Bonchev–Trinajstić information content (AvgIpc) is 2.49. The van der Waals surface area contributed by atoms with E-state index >= 15 is 0 Å². The zero-order chi connectivity index (χ0) is 13.9. The molecule has 2 aliphatic heterocycles. The van der Waals surface area contributed by atoms with E-state index in [2.05, 4.69) is 68.6 Å². The van der Waals surface area contributed by atoms with Crippen molar-refractivity contribution in [1.29, 1.82) is 0 Å². The molecule has 0 saturated carbocycles. The quantitative estimate of drug-likeness (QED) is 0.725. The summed E-state index contributed by atoms with van der Waals surface area (Å²) in [5, 5.41) is 0. The van der Waals surface area contributed by atoms with Gasteiger partial charge >= 0.3 is 0 Å². The van der Waals surface area contributed by atoms with Gasteiger partial charge in [0.25, 0.3) is 0 Å². The fourth-order valence-corrected chi connectivity index (χ4v) is 3.72. The van der Waals surface area contributed by atoms with Crippen molar-refractivity contribution < 1.29 is 0 Å². The van der Waals surface area contributed by atoms with Crippen molar-refractivity contribution in [1.82, 2.24) is 9.80 Å². The first kappa shape index (κ1) is 14.6. The largest absolute Gasteiger partial charge is 0.369 e. The summed E-state index contributed by atoms with van der Waals surface area (Å²) in [5.74, 6) is 0. The molecule has 110 valence electrons. The zero-order valence-corrected chi connectivity index (χ0v) is 14.4. The summed E-state index contributed by atoms with van der Waals surface area (Å²) in [4.78, 5) is 7.70. The second-order valence-corrected chi connectivity index (χ2v) is 7.28. The minimum Gasteiger partial charge on any atom is -0.369 e. The van der Waals surface area contributed by atoms with Crippen LogP contribution in [0, 0.1) is 3.57 Å². The van der Waals surface area contributed by atoms with E-state index in [1.54, 1.807) is 0 Å². The lowest BCUT2D eigenvalue weighted by molar-refractivity contribution is 0.115. The van der Waals surface area contributed by atoms with Crippen LogP contribution in [0.1, 0.15) is 12.8 Å². The average molecular weight is 385 g/mol. The Morgan fingerprint density at radius 2 is 1.50 bits per heavy atom. The van der Waals surface area contributed by atoms with Crippen molar-refractivity contribution in [2.24, 2.45) is 0 Å². The first-order valence-corrected chi connectivity index (χ1v) is 8.73. The number of hydrogen-bond acceptors (Lipinski definition) is 3. The second kappa shape index (κ2) is 6.62. The van der Waals surface area contributed by atoms with E-state index in [4.69, 9.17) is 0 Å². The molecule has 1 aromatic carbocycles. The molecule has 2 saturated heterocycles. The van der Waals surface area contributed by atoms with Crippen molar-refractivity contribution in [3.8, 4) is 0 Å². The smallest absolute Gasteiger partial charge is 0.0367 e. The number of halogens is 1. The van der Waals surface area contributed by atoms with Crippen LogP contribution < -0.4 is 4.90 Å². The minimum atomic E-state index is 0.824. The van der Waals surface area contributed by atoms with Gasteiger partial charge in [0.15, 0.2) is 0 Å². The Labute approximate surface area is 136 Å². The first-order valence-electron chi connectivity index (χ1n) is 7.65. The van der Waals surface area contributed by atoms with Gasteiger partial charge in [0.05, 0.1) is 0 Å². The molecule has 0 N–H and O–H groups in total. The number of anilines is 1.